The first-order chi connectivity index (χ1) is 8.49. The first kappa shape index (κ1) is 13.0. The SMILES string of the molecule is Cc1ccc(F)cc1C(=O)c1ncc(Cl)cc1Cl. The number of nitrogens with zero attached hydrogens (tertiary/aromatic N) is 1. The van der Waals surface area contributed by atoms with Crippen LogP contribution in [0.3, 0.4) is 0 Å². The normalized spacial score (nSPS) is 10.4. The van der Waals surface area contributed by atoms with Crippen LogP contribution in [0.1, 0.15) is 21.6 Å². The minimum Gasteiger partial charge on any atom is -0.287 e. The monoisotopic (exact) mass is 283 g/mol. The summed E-state index contributed by atoms with van der Waals surface area (Å²) in [5, 5.41) is 0.490. The minimum absolute atomic E-state index is 0.0646. The zero-order chi connectivity index (χ0) is 13.3. The van der Waals surface area contributed by atoms with Gasteiger partial charge in [0, 0.05) is 11.8 Å². The quantitative estimate of drug-likeness (QED) is 0.778. The molecule has 0 aliphatic heterocycles. The van der Waals surface area contributed by atoms with Gasteiger partial charge in [-0.25, -0.2) is 9.37 Å². The lowest BCUT2D eigenvalue weighted by Gasteiger charge is -2.06. The summed E-state index contributed by atoms with van der Waals surface area (Å²) in [5.74, 6) is -0.900. The minimum atomic E-state index is -0.478. The van der Waals surface area contributed by atoms with Crippen molar-refractivity contribution in [3.05, 3.63) is 63.1 Å². The average Bonchev–Trinajstić information content (AvgIpc) is 2.31. The number of aryl methyl sites for hydroxylation is 1. The molecule has 0 unspecified atom stereocenters. The Morgan fingerprint density at radius 2 is 2.00 bits per heavy atom. The topological polar surface area (TPSA) is 30.0 Å². The van der Waals surface area contributed by atoms with E-state index in [9.17, 15) is 9.18 Å². The summed E-state index contributed by atoms with van der Waals surface area (Å²) in [6, 6.07) is 5.43. The highest BCUT2D eigenvalue weighted by Gasteiger charge is 2.17. The smallest absolute Gasteiger partial charge is 0.213 e. The molecular formula is C13H8Cl2FNO. The number of pyridine rings is 1. The van der Waals surface area contributed by atoms with Gasteiger partial charge in [-0.2, -0.15) is 0 Å². The fraction of sp³-hybridized carbons (Fsp3) is 0.0769. The Morgan fingerprint density at radius 1 is 1.28 bits per heavy atom. The molecular weight excluding hydrogens is 276 g/mol. The van der Waals surface area contributed by atoms with Gasteiger partial charge < -0.3 is 0 Å². The molecule has 2 aromatic rings. The van der Waals surface area contributed by atoms with E-state index in [0.717, 1.165) is 0 Å². The molecule has 0 radical (unpaired) electrons. The van der Waals surface area contributed by atoms with Crippen molar-refractivity contribution in [3.63, 3.8) is 0 Å². The Bertz CT molecular complexity index is 628. The Labute approximate surface area is 113 Å². The third kappa shape index (κ3) is 2.52. The number of carbonyl (C=O) groups excluding carboxylic acids is 1. The molecule has 1 aromatic heterocycles. The second-order valence-electron chi connectivity index (χ2n) is 3.77. The van der Waals surface area contributed by atoms with E-state index in [2.05, 4.69) is 4.98 Å². The summed E-state index contributed by atoms with van der Waals surface area (Å²) >= 11 is 11.6. The summed E-state index contributed by atoms with van der Waals surface area (Å²) in [5.41, 5.74) is 0.968. The van der Waals surface area contributed by atoms with Crippen LogP contribution in [0.25, 0.3) is 0 Å². The van der Waals surface area contributed by atoms with Gasteiger partial charge in [-0.15, -0.1) is 0 Å². The average molecular weight is 284 g/mol. The number of halogens is 3. The standard InChI is InChI=1S/C13H8Cl2FNO/c1-7-2-3-9(16)5-10(7)13(18)12-11(15)4-8(14)6-17-12/h2-6H,1H3. The van der Waals surface area contributed by atoms with Gasteiger partial charge in [-0.05, 0) is 30.7 Å². The maximum atomic E-state index is 13.2. The predicted octanol–water partition coefficient (Wildman–Crippen LogP) is 4.07. The molecule has 0 atom stereocenters. The number of hydrogen-bond donors (Lipinski definition) is 0. The first-order valence-corrected chi connectivity index (χ1v) is 5.86. The largest absolute Gasteiger partial charge is 0.287 e. The van der Waals surface area contributed by atoms with E-state index in [4.69, 9.17) is 23.2 Å². The van der Waals surface area contributed by atoms with Crippen LogP contribution in [0.5, 0.6) is 0 Å². The molecule has 0 spiro atoms. The maximum absolute atomic E-state index is 13.2. The Hall–Kier alpha value is -1.45. The molecule has 0 aliphatic carbocycles. The first-order valence-electron chi connectivity index (χ1n) is 5.11. The number of hydrogen-bond acceptors (Lipinski definition) is 2. The molecule has 0 aliphatic rings. The van der Waals surface area contributed by atoms with Crippen molar-refractivity contribution in [1.82, 2.24) is 4.98 Å². The van der Waals surface area contributed by atoms with E-state index in [1.807, 2.05) is 0 Å². The molecule has 0 N–H and O–H groups in total. The molecule has 0 saturated heterocycles. The molecule has 18 heavy (non-hydrogen) atoms. The van der Waals surface area contributed by atoms with Crippen LogP contribution < -0.4 is 0 Å². The van der Waals surface area contributed by atoms with Crippen molar-refractivity contribution >= 4 is 29.0 Å². The molecule has 5 heteroatoms. The number of rotatable bonds is 2. The van der Waals surface area contributed by atoms with Crippen LogP contribution >= 0.6 is 23.2 Å². The lowest BCUT2D eigenvalue weighted by molar-refractivity contribution is 0.103. The van der Waals surface area contributed by atoms with Crippen LogP contribution in [0.4, 0.5) is 4.39 Å². The van der Waals surface area contributed by atoms with Crippen molar-refractivity contribution in [2.45, 2.75) is 6.92 Å². The maximum Gasteiger partial charge on any atom is 0.213 e. The predicted molar refractivity (Wildman–Crippen MR) is 68.8 cm³/mol. The highest BCUT2D eigenvalue weighted by molar-refractivity contribution is 6.37. The molecule has 2 rings (SSSR count). The number of carbonyl (C=O) groups is 1. The van der Waals surface area contributed by atoms with Crippen molar-refractivity contribution in [2.24, 2.45) is 0 Å². The van der Waals surface area contributed by atoms with Crippen LogP contribution in [-0.4, -0.2) is 10.8 Å². The van der Waals surface area contributed by atoms with Gasteiger partial charge in [0.2, 0.25) is 5.78 Å². The van der Waals surface area contributed by atoms with Crippen LogP contribution in [0.2, 0.25) is 10.0 Å². The Balaban J connectivity index is 2.51. The van der Waals surface area contributed by atoms with Crippen LogP contribution in [0.15, 0.2) is 30.5 Å². The third-order valence-electron chi connectivity index (χ3n) is 2.47. The molecule has 0 fully saturated rings. The van der Waals surface area contributed by atoms with Crippen LogP contribution in [-0.2, 0) is 0 Å². The van der Waals surface area contributed by atoms with Crippen molar-refractivity contribution < 1.29 is 9.18 Å². The van der Waals surface area contributed by atoms with E-state index < -0.39 is 11.6 Å². The van der Waals surface area contributed by atoms with Gasteiger partial charge in [0.25, 0.3) is 0 Å². The molecule has 0 amide bonds. The lowest BCUT2D eigenvalue weighted by Crippen LogP contribution is -2.07. The third-order valence-corrected chi connectivity index (χ3v) is 2.96. The fourth-order valence-electron chi connectivity index (χ4n) is 1.55. The van der Waals surface area contributed by atoms with E-state index in [-0.39, 0.29) is 16.3 Å². The molecule has 1 heterocycles. The zero-order valence-electron chi connectivity index (χ0n) is 9.38. The van der Waals surface area contributed by atoms with Crippen molar-refractivity contribution in [3.8, 4) is 0 Å². The number of ketones is 1. The summed E-state index contributed by atoms with van der Waals surface area (Å²) in [7, 11) is 0. The molecule has 2 nitrogen and oxygen atoms in total. The lowest BCUT2D eigenvalue weighted by atomic mass is 10.0. The second-order valence-corrected chi connectivity index (χ2v) is 4.62. The number of aromatic nitrogens is 1. The number of benzene rings is 1. The molecule has 0 bridgehead atoms. The van der Waals surface area contributed by atoms with Gasteiger partial charge in [-0.1, -0.05) is 29.3 Å². The second kappa shape index (κ2) is 5.04. The summed E-state index contributed by atoms with van der Waals surface area (Å²) < 4.78 is 13.2. The van der Waals surface area contributed by atoms with Gasteiger partial charge in [-0.3, -0.25) is 4.79 Å². The van der Waals surface area contributed by atoms with E-state index in [1.54, 1.807) is 6.92 Å². The Kier molecular flexibility index (Phi) is 3.64. The molecule has 0 saturated carbocycles. The van der Waals surface area contributed by atoms with E-state index in [1.165, 1.54) is 30.5 Å². The summed E-state index contributed by atoms with van der Waals surface area (Å²) in [6.45, 7) is 1.72. The van der Waals surface area contributed by atoms with Gasteiger partial charge in [0.1, 0.15) is 11.5 Å². The highest BCUT2D eigenvalue weighted by atomic mass is 35.5. The van der Waals surface area contributed by atoms with Crippen molar-refractivity contribution in [1.29, 1.82) is 0 Å². The highest BCUT2D eigenvalue weighted by Crippen LogP contribution is 2.22. The molecule has 1 aromatic carbocycles. The van der Waals surface area contributed by atoms with Gasteiger partial charge in [0.05, 0.1) is 10.0 Å². The molecule has 92 valence electrons. The zero-order valence-corrected chi connectivity index (χ0v) is 10.9. The van der Waals surface area contributed by atoms with Gasteiger partial charge >= 0.3 is 0 Å². The van der Waals surface area contributed by atoms with Crippen LogP contribution in [0, 0.1) is 12.7 Å². The fourth-order valence-corrected chi connectivity index (χ4v) is 2.01. The Morgan fingerprint density at radius 3 is 2.67 bits per heavy atom. The van der Waals surface area contributed by atoms with E-state index in [0.29, 0.717) is 10.6 Å². The van der Waals surface area contributed by atoms with Crippen molar-refractivity contribution in [2.75, 3.05) is 0 Å². The van der Waals surface area contributed by atoms with Gasteiger partial charge in [0.15, 0.2) is 0 Å². The van der Waals surface area contributed by atoms with E-state index >= 15 is 0 Å². The summed E-state index contributed by atoms with van der Waals surface area (Å²) in [6.07, 6.45) is 1.33. The summed E-state index contributed by atoms with van der Waals surface area (Å²) in [4.78, 5) is 16.1.